The van der Waals surface area contributed by atoms with Gasteiger partial charge in [0.15, 0.2) is 6.29 Å². The molecule has 2 rings (SSSR count). The molecular formula is C26H48N2O9. The lowest BCUT2D eigenvalue weighted by Gasteiger charge is -2.40. The maximum Gasteiger partial charge on any atom is 0.222 e. The average molecular weight is 533 g/mol. The Bertz CT molecular complexity index is 670. The van der Waals surface area contributed by atoms with E-state index < -0.39 is 37.1 Å². The largest absolute Gasteiger partial charge is 0.396 e. The number of hydrogen-bond acceptors (Lipinski definition) is 9. The quantitative estimate of drug-likeness (QED) is 0.175. The van der Waals surface area contributed by atoms with Crippen LogP contribution in [0, 0.1) is 11.3 Å². The number of likely N-dealkylation sites (tertiary alicyclic amines) is 1. The number of ether oxygens (including phenoxy) is 3. The third-order valence-corrected chi connectivity index (χ3v) is 7.62. The molecule has 11 nitrogen and oxygen atoms in total. The molecular weight excluding hydrogens is 484 g/mol. The first-order valence-electron chi connectivity index (χ1n) is 13.6. The van der Waals surface area contributed by atoms with Gasteiger partial charge in [0.2, 0.25) is 11.8 Å². The van der Waals surface area contributed by atoms with E-state index >= 15 is 0 Å². The third kappa shape index (κ3) is 10.0. The molecule has 5 atom stereocenters. The average Bonchev–Trinajstić information content (AvgIpc) is 2.90. The molecule has 2 heterocycles. The second kappa shape index (κ2) is 16.6. The van der Waals surface area contributed by atoms with Crippen molar-refractivity contribution >= 4 is 11.8 Å². The minimum absolute atomic E-state index is 0.0195. The van der Waals surface area contributed by atoms with Crippen molar-refractivity contribution in [3.63, 3.8) is 0 Å². The molecule has 0 unspecified atom stereocenters. The van der Waals surface area contributed by atoms with Crippen molar-refractivity contribution in [2.45, 2.75) is 89.3 Å². The van der Waals surface area contributed by atoms with Gasteiger partial charge in [-0.25, -0.2) is 0 Å². The molecule has 2 saturated heterocycles. The number of hydrogen-bond donors (Lipinski definition) is 5. The van der Waals surface area contributed by atoms with Gasteiger partial charge >= 0.3 is 0 Å². The Morgan fingerprint density at radius 2 is 1.73 bits per heavy atom. The molecule has 0 radical (unpaired) electrons. The molecule has 5 N–H and O–H groups in total. The van der Waals surface area contributed by atoms with Gasteiger partial charge in [0.1, 0.15) is 12.2 Å². The molecule has 0 spiro atoms. The zero-order valence-corrected chi connectivity index (χ0v) is 22.5. The highest BCUT2D eigenvalue weighted by Gasteiger charge is 2.42. The number of nitrogens with zero attached hydrogens (tertiary/aromatic N) is 1. The second-order valence-corrected chi connectivity index (χ2v) is 10.5. The summed E-state index contributed by atoms with van der Waals surface area (Å²) < 4.78 is 16.4. The Morgan fingerprint density at radius 3 is 2.38 bits per heavy atom. The molecule has 0 saturated carbocycles. The maximum atomic E-state index is 12.5. The topological polar surface area (TPSA) is 158 Å². The van der Waals surface area contributed by atoms with Crippen molar-refractivity contribution in [1.82, 2.24) is 10.2 Å². The van der Waals surface area contributed by atoms with Crippen LogP contribution in [0.3, 0.4) is 0 Å². The van der Waals surface area contributed by atoms with Crippen molar-refractivity contribution in [3.8, 4) is 0 Å². The van der Waals surface area contributed by atoms with Crippen molar-refractivity contribution in [3.05, 3.63) is 0 Å². The van der Waals surface area contributed by atoms with Crippen molar-refractivity contribution in [1.29, 1.82) is 0 Å². The summed E-state index contributed by atoms with van der Waals surface area (Å²) in [5.41, 5.74) is -0.225. The summed E-state index contributed by atoms with van der Waals surface area (Å²) >= 11 is 0. The first-order chi connectivity index (χ1) is 17.8. The van der Waals surface area contributed by atoms with E-state index in [0.717, 1.165) is 32.1 Å². The molecule has 2 aliphatic rings. The van der Waals surface area contributed by atoms with Crippen LogP contribution in [0.4, 0.5) is 0 Å². The summed E-state index contributed by atoms with van der Waals surface area (Å²) in [6.45, 7) is 4.16. The summed E-state index contributed by atoms with van der Waals surface area (Å²) in [7, 11) is 1.64. The maximum absolute atomic E-state index is 12.5. The van der Waals surface area contributed by atoms with Crippen molar-refractivity contribution < 1.29 is 44.2 Å². The van der Waals surface area contributed by atoms with E-state index in [9.17, 15) is 30.0 Å². The number of aliphatic hydroxyl groups is 4. The minimum Gasteiger partial charge on any atom is -0.396 e. The van der Waals surface area contributed by atoms with E-state index in [4.69, 9.17) is 14.2 Å². The van der Waals surface area contributed by atoms with Crippen LogP contribution in [0.2, 0.25) is 0 Å². The van der Waals surface area contributed by atoms with Gasteiger partial charge in [0.05, 0.1) is 25.9 Å². The van der Waals surface area contributed by atoms with Crippen molar-refractivity contribution in [2.24, 2.45) is 11.3 Å². The predicted molar refractivity (Wildman–Crippen MR) is 135 cm³/mol. The monoisotopic (exact) mass is 532 g/mol. The standard InChI is InChI=1S/C26H48N2O9/c1-19-23(33)24(34)20(16-29)37-25(19)36-15-7-5-8-21(31)27-12-6-3-4-9-22(32)28-13-10-26(17-30,11-14-28)18-35-2/h19-20,23-25,29-30,33-34H,3-18H2,1-2H3,(H,27,31)/t19-,20-,23-,24+,25-/m1/s1. The zero-order chi connectivity index (χ0) is 27.3. The van der Waals surface area contributed by atoms with Gasteiger partial charge in [0.25, 0.3) is 0 Å². The first kappa shape index (κ1) is 31.9. The Hall–Kier alpha value is -1.34. The summed E-state index contributed by atoms with van der Waals surface area (Å²) in [5, 5.41) is 41.8. The fourth-order valence-corrected chi connectivity index (χ4v) is 4.93. The van der Waals surface area contributed by atoms with E-state index in [2.05, 4.69) is 5.32 Å². The highest BCUT2D eigenvalue weighted by molar-refractivity contribution is 5.76. The number of methoxy groups -OCH3 is 1. The van der Waals surface area contributed by atoms with Crippen LogP contribution in [0.1, 0.15) is 64.7 Å². The molecule has 0 bridgehead atoms. The van der Waals surface area contributed by atoms with Gasteiger partial charge in [-0.05, 0) is 38.5 Å². The minimum atomic E-state index is -1.15. The number of rotatable bonds is 16. The number of unbranched alkanes of at least 4 members (excludes halogenated alkanes) is 3. The normalized spacial score (nSPS) is 27.7. The Kier molecular flexibility index (Phi) is 14.3. The van der Waals surface area contributed by atoms with E-state index in [0.29, 0.717) is 58.5 Å². The van der Waals surface area contributed by atoms with Crippen LogP contribution in [-0.4, -0.2) is 115 Å². The second-order valence-electron chi connectivity index (χ2n) is 10.5. The highest BCUT2D eigenvalue weighted by Crippen LogP contribution is 2.31. The summed E-state index contributed by atoms with van der Waals surface area (Å²) in [6.07, 6.45) is 2.40. The fraction of sp³-hybridized carbons (Fsp3) is 0.923. The molecule has 0 aliphatic carbocycles. The Morgan fingerprint density at radius 1 is 1.03 bits per heavy atom. The molecule has 11 heteroatoms. The molecule has 0 aromatic carbocycles. The van der Waals surface area contributed by atoms with Gasteiger partial charge in [-0.3, -0.25) is 9.59 Å². The number of carbonyl (C=O) groups excluding carboxylic acids is 2. The van der Waals surface area contributed by atoms with Crippen molar-refractivity contribution in [2.75, 3.05) is 53.2 Å². The van der Waals surface area contributed by atoms with Gasteiger partial charge < -0.3 is 44.9 Å². The first-order valence-corrected chi connectivity index (χ1v) is 13.6. The van der Waals surface area contributed by atoms with Crippen LogP contribution in [0.5, 0.6) is 0 Å². The van der Waals surface area contributed by atoms with Crippen LogP contribution < -0.4 is 5.32 Å². The van der Waals surface area contributed by atoms with Gasteiger partial charge in [0, 0.05) is 57.5 Å². The van der Waals surface area contributed by atoms with Gasteiger partial charge in [-0.15, -0.1) is 0 Å². The predicted octanol–water partition coefficient (Wildman–Crippen LogP) is 0.173. The number of nitrogens with one attached hydrogen (secondary N) is 1. The third-order valence-electron chi connectivity index (χ3n) is 7.62. The summed E-state index contributed by atoms with van der Waals surface area (Å²) in [5.74, 6) is -0.294. The van der Waals surface area contributed by atoms with Gasteiger partial charge in [-0.1, -0.05) is 13.3 Å². The van der Waals surface area contributed by atoms with Crippen LogP contribution in [0.25, 0.3) is 0 Å². The lowest BCUT2D eigenvalue weighted by molar-refractivity contribution is -0.282. The molecule has 0 aromatic heterocycles. The van der Waals surface area contributed by atoms with E-state index in [-0.39, 0.29) is 23.8 Å². The van der Waals surface area contributed by atoms with Gasteiger partial charge in [-0.2, -0.15) is 0 Å². The van der Waals surface area contributed by atoms with Crippen LogP contribution >= 0.6 is 0 Å². The molecule has 2 aliphatic heterocycles. The molecule has 37 heavy (non-hydrogen) atoms. The number of aliphatic hydroxyl groups excluding tert-OH is 4. The van der Waals surface area contributed by atoms with Crippen LogP contribution in [0.15, 0.2) is 0 Å². The Labute approximate surface area is 220 Å². The van der Waals surface area contributed by atoms with E-state index in [1.165, 1.54) is 0 Å². The lowest BCUT2D eigenvalue weighted by Crippen LogP contribution is -2.55. The zero-order valence-electron chi connectivity index (χ0n) is 22.5. The SMILES string of the molecule is COCC1(CO)CCN(C(=O)CCCCCNC(=O)CCCCO[C@@H]2O[C@H](CO)[C@H](O)[C@H](O)[C@H]2C)CC1. The fourth-order valence-electron chi connectivity index (χ4n) is 4.93. The Balaban J connectivity index is 1.47. The number of amides is 2. The van der Waals surface area contributed by atoms with Crippen LogP contribution in [-0.2, 0) is 23.8 Å². The smallest absolute Gasteiger partial charge is 0.222 e. The summed E-state index contributed by atoms with van der Waals surface area (Å²) in [4.78, 5) is 26.4. The van der Waals surface area contributed by atoms with E-state index in [1.807, 2.05) is 4.90 Å². The van der Waals surface area contributed by atoms with E-state index in [1.54, 1.807) is 14.0 Å². The number of carbonyl (C=O) groups is 2. The molecule has 2 amide bonds. The molecule has 2 fully saturated rings. The molecule has 216 valence electrons. The highest BCUT2D eigenvalue weighted by atomic mass is 16.7. The molecule has 0 aromatic rings. The lowest BCUT2D eigenvalue weighted by atomic mass is 9.80. The number of piperidine rings is 1. The summed E-state index contributed by atoms with van der Waals surface area (Å²) in [6, 6.07) is 0.